The lowest BCUT2D eigenvalue weighted by Crippen LogP contribution is -2.40. The van der Waals surface area contributed by atoms with E-state index < -0.39 is 6.10 Å². The second-order valence-electron chi connectivity index (χ2n) is 3.65. The van der Waals surface area contributed by atoms with Crippen molar-refractivity contribution in [2.75, 3.05) is 18.5 Å². The zero-order valence-corrected chi connectivity index (χ0v) is 9.35. The number of aliphatic hydroxyl groups excluding tert-OH is 2. The number of nitrogens with one attached hydrogen (secondary N) is 1. The number of carbonyl (C=O) groups is 1. The molecule has 2 atom stereocenters. The molecule has 1 aliphatic rings. The summed E-state index contributed by atoms with van der Waals surface area (Å²) < 4.78 is 0. The summed E-state index contributed by atoms with van der Waals surface area (Å²) in [5, 5.41) is 23.4. The van der Waals surface area contributed by atoms with Gasteiger partial charge >= 0.3 is 6.03 Å². The van der Waals surface area contributed by atoms with Crippen LogP contribution in [0.15, 0.2) is 11.6 Å². The van der Waals surface area contributed by atoms with Crippen LogP contribution in [0.2, 0.25) is 0 Å². The van der Waals surface area contributed by atoms with E-state index in [1.807, 2.05) is 0 Å². The van der Waals surface area contributed by atoms with E-state index >= 15 is 0 Å². The van der Waals surface area contributed by atoms with E-state index in [0.29, 0.717) is 11.6 Å². The number of likely N-dealkylation sites (tertiary alicyclic amines) is 1. The molecule has 2 amide bonds. The number of urea groups is 1. The van der Waals surface area contributed by atoms with E-state index in [1.54, 1.807) is 11.6 Å². The minimum atomic E-state index is -0.556. The van der Waals surface area contributed by atoms with E-state index in [-0.39, 0.29) is 25.2 Å². The largest absolute Gasteiger partial charge is 0.394 e. The molecule has 2 heterocycles. The van der Waals surface area contributed by atoms with Gasteiger partial charge in [-0.2, -0.15) is 0 Å². The van der Waals surface area contributed by atoms with Crippen molar-refractivity contribution in [3.63, 3.8) is 0 Å². The third-order valence-corrected chi connectivity index (χ3v) is 3.20. The van der Waals surface area contributed by atoms with Gasteiger partial charge in [0.15, 0.2) is 5.13 Å². The lowest BCUT2D eigenvalue weighted by atomic mass is 10.2. The fourth-order valence-corrected chi connectivity index (χ4v) is 2.28. The highest BCUT2D eigenvalue weighted by molar-refractivity contribution is 7.13. The summed E-state index contributed by atoms with van der Waals surface area (Å²) in [7, 11) is 0. The van der Waals surface area contributed by atoms with Gasteiger partial charge in [0.25, 0.3) is 0 Å². The van der Waals surface area contributed by atoms with Gasteiger partial charge in [0.2, 0.25) is 0 Å². The van der Waals surface area contributed by atoms with Gasteiger partial charge in [-0.05, 0) is 6.42 Å². The number of anilines is 1. The molecule has 0 radical (unpaired) electrons. The molecule has 2 unspecified atom stereocenters. The second-order valence-corrected chi connectivity index (χ2v) is 4.54. The maximum atomic E-state index is 11.8. The molecule has 0 aromatic carbocycles. The first-order valence-corrected chi connectivity index (χ1v) is 5.84. The molecule has 1 aliphatic heterocycles. The van der Waals surface area contributed by atoms with E-state index in [0.717, 1.165) is 0 Å². The van der Waals surface area contributed by atoms with Gasteiger partial charge in [0, 0.05) is 18.1 Å². The molecule has 7 heteroatoms. The van der Waals surface area contributed by atoms with Crippen LogP contribution in [-0.4, -0.2) is 51.4 Å². The highest BCUT2D eigenvalue weighted by Gasteiger charge is 2.33. The number of hydrogen-bond donors (Lipinski definition) is 3. The standard InChI is InChI=1S/C9H13N3O3S/c13-5-6-3-7(14)4-12(6)9(15)11-8-10-1-2-16-8/h1-2,6-7,13-14H,3-5H2,(H,10,11,15). The molecule has 3 N–H and O–H groups in total. The molecule has 1 aromatic heterocycles. The smallest absolute Gasteiger partial charge is 0.324 e. The van der Waals surface area contributed by atoms with E-state index in [9.17, 15) is 9.90 Å². The third-order valence-electron chi connectivity index (χ3n) is 2.51. The van der Waals surface area contributed by atoms with E-state index in [4.69, 9.17) is 5.11 Å². The van der Waals surface area contributed by atoms with Crippen LogP contribution in [0, 0.1) is 0 Å². The Bertz CT molecular complexity index is 357. The molecule has 1 fully saturated rings. The van der Waals surface area contributed by atoms with Crippen molar-refractivity contribution in [1.82, 2.24) is 9.88 Å². The predicted octanol–water partition coefficient (Wildman–Crippen LogP) is 0.103. The van der Waals surface area contributed by atoms with E-state index in [1.165, 1.54) is 16.2 Å². The summed E-state index contributed by atoms with van der Waals surface area (Å²) in [6.07, 6.45) is 1.46. The Morgan fingerprint density at radius 1 is 1.75 bits per heavy atom. The number of β-amino-alcohol motifs (C(OH)–C–C–N with tert-alkyl or cyclic N) is 1. The lowest BCUT2D eigenvalue weighted by Gasteiger charge is -2.22. The summed E-state index contributed by atoms with van der Waals surface area (Å²) in [4.78, 5) is 17.2. The molecule has 88 valence electrons. The van der Waals surface area contributed by atoms with Crippen molar-refractivity contribution in [2.45, 2.75) is 18.6 Å². The van der Waals surface area contributed by atoms with Crippen LogP contribution in [0.5, 0.6) is 0 Å². The molecule has 2 rings (SSSR count). The van der Waals surface area contributed by atoms with Gasteiger partial charge in [-0.1, -0.05) is 0 Å². The van der Waals surface area contributed by atoms with Gasteiger partial charge in [0.05, 0.1) is 18.8 Å². The maximum Gasteiger partial charge on any atom is 0.324 e. The average molecular weight is 243 g/mol. The monoisotopic (exact) mass is 243 g/mol. The number of thiazole rings is 1. The molecule has 1 aromatic rings. The minimum Gasteiger partial charge on any atom is -0.394 e. The minimum absolute atomic E-state index is 0.137. The third kappa shape index (κ3) is 2.31. The van der Waals surface area contributed by atoms with Crippen LogP contribution in [0.4, 0.5) is 9.93 Å². The predicted molar refractivity (Wildman–Crippen MR) is 59.3 cm³/mol. The van der Waals surface area contributed by atoms with Crippen LogP contribution in [0.3, 0.4) is 0 Å². The van der Waals surface area contributed by atoms with Gasteiger partial charge in [-0.3, -0.25) is 5.32 Å². The SMILES string of the molecule is O=C(Nc1nccs1)N1CC(O)CC1CO. The first-order chi connectivity index (χ1) is 7.70. The van der Waals surface area contributed by atoms with Crippen molar-refractivity contribution in [3.8, 4) is 0 Å². The molecular formula is C9H13N3O3S. The Hall–Kier alpha value is -1.18. The molecule has 6 nitrogen and oxygen atoms in total. The number of aliphatic hydroxyl groups is 2. The highest BCUT2D eigenvalue weighted by atomic mass is 32.1. The number of amides is 2. The topological polar surface area (TPSA) is 85.7 Å². The molecule has 16 heavy (non-hydrogen) atoms. The van der Waals surface area contributed by atoms with Gasteiger partial charge < -0.3 is 15.1 Å². The number of nitrogens with zero attached hydrogens (tertiary/aromatic N) is 2. The van der Waals surface area contributed by atoms with Gasteiger partial charge in [-0.25, -0.2) is 9.78 Å². The van der Waals surface area contributed by atoms with Crippen LogP contribution in [-0.2, 0) is 0 Å². The quantitative estimate of drug-likeness (QED) is 0.688. The van der Waals surface area contributed by atoms with Crippen LogP contribution in [0.25, 0.3) is 0 Å². The van der Waals surface area contributed by atoms with Crippen LogP contribution in [0.1, 0.15) is 6.42 Å². The Morgan fingerprint density at radius 3 is 3.19 bits per heavy atom. The Kier molecular flexibility index (Phi) is 3.37. The number of hydrogen-bond acceptors (Lipinski definition) is 5. The normalized spacial score (nSPS) is 24.8. The van der Waals surface area contributed by atoms with Gasteiger partial charge in [0.1, 0.15) is 0 Å². The molecule has 0 saturated carbocycles. The highest BCUT2D eigenvalue weighted by Crippen LogP contribution is 2.19. The number of aromatic nitrogens is 1. The zero-order chi connectivity index (χ0) is 11.5. The molecule has 0 spiro atoms. The summed E-state index contributed by atoms with van der Waals surface area (Å²) >= 11 is 1.32. The van der Waals surface area contributed by atoms with Crippen molar-refractivity contribution >= 4 is 22.5 Å². The zero-order valence-electron chi connectivity index (χ0n) is 8.54. The van der Waals surface area contributed by atoms with Gasteiger partial charge in [-0.15, -0.1) is 11.3 Å². The summed E-state index contributed by atoms with van der Waals surface area (Å²) in [6, 6.07) is -0.638. The van der Waals surface area contributed by atoms with Crippen molar-refractivity contribution in [3.05, 3.63) is 11.6 Å². The fraction of sp³-hybridized carbons (Fsp3) is 0.556. The Labute approximate surface area is 96.5 Å². The van der Waals surface area contributed by atoms with E-state index in [2.05, 4.69) is 10.3 Å². The first-order valence-electron chi connectivity index (χ1n) is 4.96. The summed E-state index contributed by atoms with van der Waals surface area (Å²) in [5.74, 6) is 0. The Balaban J connectivity index is 1.98. The maximum absolute atomic E-state index is 11.8. The molecular weight excluding hydrogens is 230 g/mol. The first kappa shape index (κ1) is 11.3. The van der Waals surface area contributed by atoms with Crippen molar-refractivity contribution in [2.24, 2.45) is 0 Å². The van der Waals surface area contributed by atoms with Crippen LogP contribution < -0.4 is 5.32 Å². The number of rotatable bonds is 2. The van der Waals surface area contributed by atoms with Crippen molar-refractivity contribution < 1.29 is 15.0 Å². The average Bonchev–Trinajstić information content (AvgIpc) is 2.86. The van der Waals surface area contributed by atoms with Crippen LogP contribution >= 0.6 is 11.3 Å². The lowest BCUT2D eigenvalue weighted by molar-refractivity contribution is 0.164. The summed E-state index contributed by atoms with van der Waals surface area (Å²) in [6.45, 7) is 0.116. The summed E-state index contributed by atoms with van der Waals surface area (Å²) in [5.41, 5.74) is 0. The Morgan fingerprint density at radius 2 is 2.56 bits per heavy atom. The fourth-order valence-electron chi connectivity index (χ4n) is 1.76. The van der Waals surface area contributed by atoms with Crippen molar-refractivity contribution in [1.29, 1.82) is 0 Å². The number of carbonyl (C=O) groups excluding carboxylic acids is 1. The molecule has 0 bridgehead atoms. The molecule has 0 aliphatic carbocycles. The second kappa shape index (κ2) is 4.77. The molecule has 1 saturated heterocycles.